The summed E-state index contributed by atoms with van der Waals surface area (Å²) in [6.07, 6.45) is 4.24. The second-order valence-electron chi connectivity index (χ2n) is 8.86. The first kappa shape index (κ1) is 26.6. The Labute approximate surface area is 216 Å². The van der Waals surface area contributed by atoms with Crippen LogP contribution in [0, 0.1) is 0 Å². The quantitative estimate of drug-likeness (QED) is 0.414. The van der Waals surface area contributed by atoms with E-state index < -0.39 is 21.2 Å². The number of nitrogens with zero attached hydrogens (tertiary/aromatic N) is 5. The maximum atomic E-state index is 13.5. The smallest absolute Gasteiger partial charge is 0.243 e. The van der Waals surface area contributed by atoms with Crippen molar-refractivity contribution in [1.82, 2.24) is 24.7 Å². The molecule has 1 aromatic carbocycles. The van der Waals surface area contributed by atoms with Crippen LogP contribution in [-0.4, -0.2) is 65.8 Å². The van der Waals surface area contributed by atoms with Gasteiger partial charge in [-0.2, -0.15) is 0 Å². The van der Waals surface area contributed by atoms with Crippen molar-refractivity contribution in [2.75, 3.05) is 26.1 Å². The fraction of sp³-hybridized carbons (Fsp3) is 0.500. The number of nitrogens with one attached hydrogen (secondary N) is 1. The van der Waals surface area contributed by atoms with Gasteiger partial charge in [0.1, 0.15) is 29.1 Å². The van der Waals surface area contributed by atoms with Gasteiger partial charge in [0.05, 0.1) is 45.1 Å². The maximum absolute atomic E-state index is 13.5. The zero-order valence-electron chi connectivity index (χ0n) is 21.7. The highest BCUT2D eigenvalue weighted by molar-refractivity contribution is 7.93. The van der Waals surface area contributed by atoms with E-state index in [-0.39, 0.29) is 18.2 Å². The summed E-state index contributed by atoms with van der Waals surface area (Å²) < 4.78 is 53.7. The summed E-state index contributed by atoms with van der Waals surface area (Å²) in [6.45, 7) is 5.32. The number of methoxy groups -OCH3 is 3. The normalized spacial score (nSPS) is 19.3. The van der Waals surface area contributed by atoms with Crippen molar-refractivity contribution in [2.45, 2.75) is 57.0 Å². The van der Waals surface area contributed by atoms with E-state index in [4.69, 9.17) is 18.9 Å². The van der Waals surface area contributed by atoms with E-state index in [0.717, 1.165) is 6.42 Å². The number of ether oxygens (including phenoxy) is 4. The molecule has 1 fully saturated rings. The maximum Gasteiger partial charge on any atom is 0.243 e. The first-order valence-corrected chi connectivity index (χ1v) is 13.4. The van der Waals surface area contributed by atoms with E-state index in [1.807, 2.05) is 6.92 Å². The number of hydrogen-bond donors (Lipinski definition) is 1. The van der Waals surface area contributed by atoms with Crippen LogP contribution >= 0.6 is 0 Å². The molecule has 12 nitrogen and oxygen atoms in total. The molecule has 13 heteroatoms. The highest BCUT2D eigenvalue weighted by Crippen LogP contribution is 2.40. The van der Waals surface area contributed by atoms with Gasteiger partial charge in [-0.1, -0.05) is 13.0 Å². The fourth-order valence-corrected chi connectivity index (χ4v) is 5.43. The molecule has 1 saturated heterocycles. The largest absolute Gasteiger partial charge is 0.494 e. The number of rotatable bonds is 10. The van der Waals surface area contributed by atoms with E-state index in [1.54, 1.807) is 36.6 Å². The van der Waals surface area contributed by atoms with Crippen molar-refractivity contribution in [3.8, 4) is 22.9 Å². The number of anilines is 1. The fourth-order valence-electron chi connectivity index (χ4n) is 4.20. The molecular weight excluding hydrogens is 500 g/mol. The van der Waals surface area contributed by atoms with Crippen LogP contribution in [0.4, 0.5) is 5.95 Å². The number of benzene rings is 1. The van der Waals surface area contributed by atoms with Gasteiger partial charge in [-0.3, -0.25) is 9.29 Å². The molecule has 4 rings (SSSR count). The van der Waals surface area contributed by atoms with Gasteiger partial charge < -0.3 is 18.9 Å². The second kappa shape index (κ2) is 10.9. The van der Waals surface area contributed by atoms with E-state index in [9.17, 15) is 8.42 Å². The van der Waals surface area contributed by atoms with Gasteiger partial charge in [0.15, 0.2) is 11.6 Å². The van der Waals surface area contributed by atoms with Crippen LogP contribution in [0.25, 0.3) is 5.69 Å². The monoisotopic (exact) mass is 532 g/mol. The van der Waals surface area contributed by atoms with Gasteiger partial charge in [0.25, 0.3) is 0 Å². The SMILES string of the molecule is COc1cnc([C@@H](C)[C@H](C)S(=O)(=O)Nc2nnc([C@@H]3CC[C@H](C)O3)n2-c2c(OC)cccc2OC)nc1. The molecule has 0 saturated carbocycles. The Kier molecular flexibility index (Phi) is 7.83. The third kappa shape index (κ3) is 5.32. The summed E-state index contributed by atoms with van der Waals surface area (Å²) in [4.78, 5) is 8.51. The summed E-state index contributed by atoms with van der Waals surface area (Å²) >= 11 is 0. The molecule has 4 atom stereocenters. The molecule has 1 aliphatic rings. The molecule has 3 aromatic rings. The standard InChI is InChI=1S/C24H32N6O6S/c1-14-10-11-20(36-14)23-27-28-24(30(23)21-18(34-5)8-7-9-19(21)35-6)29-37(31,32)16(3)15(2)22-25-12-17(33-4)13-26-22/h7-9,12-16,20H,10-11H2,1-6H3,(H,28,29)/t14-,15-,16-,20-/m0/s1. The molecule has 3 heterocycles. The predicted octanol–water partition coefficient (Wildman–Crippen LogP) is 3.26. The van der Waals surface area contributed by atoms with E-state index >= 15 is 0 Å². The lowest BCUT2D eigenvalue weighted by Gasteiger charge is -2.22. The van der Waals surface area contributed by atoms with Crippen LogP contribution in [0.3, 0.4) is 0 Å². The molecule has 1 aliphatic heterocycles. The molecule has 0 spiro atoms. The average Bonchev–Trinajstić information content (AvgIpc) is 3.52. The van der Waals surface area contributed by atoms with E-state index in [1.165, 1.54) is 33.7 Å². The van der Waals surface area contributed by atoms with Gasteiger partial charge in [-0.15, -0.1) is 10.2 Å². The topological polar surface area (TPSA) is 140 Å². The summed E-state index contributed by atoms with van der Waals surface area (Å²) in [7, 11) is 0.590. The number of aromatic nitrogens is 5. The van der Waals surface area contributed by atoms with Crippen molar-refractivity contribution in [1.29, 1.82) is 0 Å². The zero-order valence-corrected chi connectivity index (χ0v) is 22.5. The Morgan fingerprint density at radius 1 is 1.03 bits per heavy atom. The number of sulfonamides is 1. The Morgan fingerprint density at radius 2 is 1.68 bits per heavy atom. The van der Waals surface area contributed by atoms with E-state index in [0.29, 0.717) is 41.0 Å². The van der Waals surface area contributed by atoms with Gasteiger partial charge in [0.2, 0.25) is 16.0 Å². The molecule has 37 heavy (non-hydrogen) atoms. The van der Waals surface area contributed by atoms with Crippen LogP contribution < -0.4 is 18.9 Å². The third-order valence-electron chi connectivity index (χ3n) is 6.55. The van der Waals surface area contributed by atoms with Crippen molar-refractivity contribution < 1.29 is 27.4 Å². The summed E-state index contributed by atoms with van der Waals surface area (Å²) in [5.74, 6) is 1.69. The highest BCUT2D eigenvalue weighted by Gasteiger charge is 2.35. The molecule has 0 amide bonds. The van der Waals surface area contributed by atoms with Gasteiger partial charge >= 0.3 is 0 Å². The second-order valence-corrected chi connectivity index (χ2v) is 10.9. The van der Waals surface area contributed by atoms with Crippen LogP contribution in [-0.2, 0) is 14.8 Å². The first-order chi connectivity index (χ1) is 17.7. The zero-order chi connectivity index (χ0) is 26.7. The molecule has 0 bridgehead atoms. The van der Waals surface area contributed by atoms with Gasteiger partial charge in [0, 0.05) is 5.92 Å². The molecule has 0 aliphatic carbocycles. The Bertz CT molecular complexity index is 1310. The van der Waals surface area contributed by atoms with Crippen LogP contribution in [0.15, 0.2) is 30.6 Å². The molecule has 1 N–H and O–H groups in total. The Hall–Kier alpha value is -3.45. The molecule has 0 unspecified atom stereocenters. The number of hydrogen-bond acceptors (Lipinski definition) is 10. The lowest BCUT2D eigenvalue weighted by molar-refractivity contribution is 0.0492. The van der Waals surface area contributed by atoms with Crippen molar-refractivity contribution in [2.24, 2.45) is 0 Å². The van der Waals surface area contributed by atoms with Crippen LogP contribution in [0.2, 0.25) is 0 Å². The molecular formula is C24H32N6O6S. The summed E-state index contributed by atoms with van der Waals surface area (Å²) in [5.41, 5.74) is 0.465. The minimum Gasteiger partial charge on any atom is -0.494 e. The highest BCUT2D eigenvalue weighted by atomic mass is 32.2. The average molecular weight is 533 g/mol. The Balaban J connectivity index is 1.75. The van der Waals surface area contributed by atoms with E-state index in [2.05, 4.69) is 24.9 Å². The third-order valence-corrected chi connectivity index (χ3v) is 8.41. The molecule has 200 valence electrons. The van der Waals surface area contributed by atoms with Crippen molar-refractivity contribution >= 4 is 16.0 Å². The minimum absolute atomic E-state index is 0.00403. The van der Waals surface area contributed by atoms with Gasteiger partial charge in [-0.25, -0.2) is 18.4 Å². The van der Waals surface area contributed by atoms with Crippen molar-refractivity contribution in [3.63, 3.8) is 0 Å². The first-order valence-electron chi connectivity index (χ1n) is 11.9. The van der Waals surface area contributed by atoms with Gasteiger partial charge in [-0.05, 0) is 38.8 Å². The van der Waals surface area contributed by atoms with Crippen molar-refractivity contribution in [3.05, 3.63) is 42.2 Å². The Morgan fingerprint density at radius 3 is 2.22 bits per heavy atom. The predicted molar refractivity (Wildman–Crippen MR) is 136 cm³/mol. The molecule has 0 radical (unpaired) electrons. The number of para-hydroxylation sites is 1. The summed E-state index contributed by atoms with van der Waals surface area (Å²) in [6, 6.07) is 5.29. The summed E-state index contributed by atoms with van der Waals surface area (Å²) in [5, 5.41) is 7.65. The van der Waals surface area contributed by atoms with Crippen LogP contribution in [0.1, 0.15) is 57.3 Å². The lowest BCUT2D eigenvalue weighted by Crippen LogP contribution is -2.31. The molecule has 2 aromatic heterocycles. The minimum atomic E-state index is -3.97. The lowest BCUT2D eigenvalue weighted by atomic mass is 10.1. The van der Waals surface area contributed by atoms with Crippen LogP contribution in [0.5, 0.6) is 17.2 Å².